The summed E-state index contributed by atoms with van der Waals surface area (Å²) in [5, 5.41) is 3.18. The molecule has 8 nitrogen and oxygen atoms in total. The number of benzene rings is 1. The number of amides is 2. The van der Waals surface area contributed by atoms with Crippen molar-refractivity contribution in [3.05, 3.63) is 53.9 Å². The fourth-order valence-corrected chi connectivity index (χ4v) is 2.91. The minimum Gasteiger partial charge on any atom is -0.462 e. The summed E-state index contributed by atoms with van der Waals surface area (Å²) >= 11 is 0. The Morgan fingerprint density at radius 3 is 2.43 bits per heavy atom. The van der Waals surface area contributed by atoms with E-state index in [9.17, 15) is 14.4 Å². The van der Waals surface area contributed by atoms with Gasteiger partial charge in [-0.2, -0.15) is 0 Å². The van der Waals surface area contributed by atoms with Crippen LogP contribution in [0.15, 0.2) is 42.7 Å². The molecule has 2 amide bonds. The standard InChI is InChI=1S/C20H22N4O4/c1-2-28-20(27)15-3-5-17(6-4-15)22-18-11-16(12-21-13-18)19(26)24-9-7-23(14-25)8-10-24/h3-6,11-14,22H,2,7-10H2,1H3. The van der Waals surface area contributed by atoms with Crippen LogP contribution in [0, 0.1) is 0 Å². The minimum absolute atomic E-state index is 0.112. The zero-order valence-electron chi connectivity index (χ0n) is 15.6. The topological polar surface area (TPSA) is 91.8 Å². The number of aromatic nitrogens is 1. The van der Waals surface area contributed by atoms with Crippen molar-refractivity contribution in [2.75, 3.05) is 38.1 Å². The van der Waals surface area contributed by atoms with Crippen LogP contribution in [-0.2, 0) is 9.53 Å². The van der Waals surface area contributed by atoms with Crippen molar-refractivity contribution in [1.29, 1.82) is 0 Å². The van der Waals surface area contributed by atoms with E-state index in [0.717, 1.165) is 12.1 Å². The fourth-order valence-electron chi connectivity index (χ4n) is 2.91. The lowest BCUT2D eigenvalue weighted by Crippen LogP contribution is -2.48. The van der Waals surface area contributed by atoms with Gasteiger partial charge in [0.1, 0.15) is 0 Å². The Morgan fingerprint density at radius 1 is 1.07 bits per heavy atom. The smallest absolute Gasteiger partial charge is 0.338 e. The number of pyridine rings is 1. The van der Waals surface area contributed by atoms with E-state index in [0.29, 0.717) is 49.6 Å². The lowest BCUT2D eigenvalue weighted by molar-refractivity contribution is -0.119. The van der Waals surface area contributed by atoms with Gasteiger partial charge in [0, 0.05) is 38.1 Å². The number of carbonyl (C=O) groups excluding carboxylic acids is 3. The Morgan fingerprint density at radius 2 is 1.79 bits per heavy atom. The van der Waals surface area contributed by atoms with Crippen molar-refractivity contribution < 1.29 is 19.1 Å². The molecule has 2 heterocycles. The number of hydrogen-bond donors (Lipinski definition) is 1. The summed E-state index contributed by atoms with van der Waals surface area (Å²) in [6, 6.07) is 8.62. The number of rotatable bonds is 6. The summed E-state index contributed by atoms with van der Waals surface area (Å²) in [4.78, 5) is 42.7. The Hall–Kier alpha value is -3.42. The van der Waals surface area contributed by atoms with E-state index in [1.165, 1.54) is 6.20 Å². The van der Waals surface area contributed by atoms with Gasteiger partial charge in [0.2, 0.25) is 6.41 Å². The van der Waals surface area contributed by atoms with Crippen molar-refractivity contribution in [2.24, 2.45) is 0 Å². The first-order valence-corrected chi connectivity index (χ1v) is 9.08. The van der Waals surface area contributed by atoms with Crippen molar-refractivity contribution in [1.82, 2.24) is 14.8 Å². The molecular weight excluding hydrogens is 360 g/mol. The maximum absolute atomic E-state index is 12.7. The quantitative estimate of drug-likeness (QED) is 0.606. The Bertz CT molecular complexity index is 846. The normalized spacial score (nSPS) is 13.8. The highest BCUT2D eigenvalue weighted by molar-refractivity contribution is 5.95. The van der Waals surface area contributed by atoms with Gasteiger partial charge >= 0.3 is 5.97 Å². The van der Waals surface area contributed by atoms with Crippen molar-refractivity contribution in [3.63, 3.8) is 0 Å². The highest BCUT2D eigenvalue weighted by Crippen LogP contribution is 2.19. The highest BCUT2D eigenvalue weighted by atomic mass is 16.5. The van der Waals surface area contributed by atoms with Gasteiger partial charge in [0.15, 0.2) is 0 Å². The predicted octanol–water partition coefficient (Wildman–Crippen LogP) is 1.92. The highest BCUT2D eigenvalue weighted by Gasteiger charge is 2.21. The van der Waals surface area contributed by atoms with E-state index in [2.05, 4.69) is 10.3 Å². The van der Waals surface area contributed by atoms with Crippen LogP contribution in [0.4, 0.5) is 11.4 Å². The van der Waals surface area contributed by atoms with Crippen LogP contribution >= 0.6 is 0 Å². The molecule has 146 valence electrons. The number of ether oxygens (including phenoxy) is 1. The van der Waals surface area contributed by atoms with Gasteiger partial charge in [0.05, 0.1) is 29.6 Å². The second kappa shape index (κ2) is 8.98. The Kier molecular flexibility index (Phi) is 6.21. The monoisotopic (exact) mass is 382 g/mol. The fraction of sp³-hybridized carbons (Fsp3) is 0.300. The van der Waals surface area contributed by atoms with Gasteiger partial charge in [-0.25, -0.2) is 4.79 Å². The molecular formula is C20H22N4O4. The van der Waals surface area contributed by atoms with Gasteiger partial charge in [-0.05, 0) is 37.3 Å². The number of nitrogens with zero attached hydrogens (tertiary/aromatic N) is 3. The van der Waals surface area contributed by atoms with Crippen molar-refractivity contribution in [3.8, 4) is 0 Å². The molecule has 28 heavy (non-hydrogen) atoms. The zero-order chi connectivity index (χ0) is 19.9. The predicted molar refractivity (Wildman–Crippen MR) is 103 cm³/mol. The summed E-state index contributed by atoms with van der Waals surface area (Å²) in [5.74, 6) is -0.475. The molecule has 0 atom stereocenters. The molecule has 2 aromatic rings. The van der Waals surface area contributed by atoms with Gasteiger partial charge in [-0.3, -0.25) is 14.6 Å². The largest absolute Gasteiger partial charge is 0.462 e. The SMILES string of the molecule is CCOC(=O)c1ccc(Nc2cncc(C(=O)N3CCN(C=O)CC3)c2)cc1. The van der Waals surface area contributed by atoms with Gasteiger partial charge in [0.25, 0.3) is 5.91 Å². The molecule has 0 radical (unpaired) electrons. The molecule has 0 bridgehead atoms. The first-order valence-electron chi connectivity index (χ1n) is 9.08. The average Bonchev–Trinajstić information content (AvgIpc) is 2.74. The number of hydrogen-bond acceptors (Lipinski definition) is 6. The minimum atomic E-state index is -0.363. The molecule has 1 saturated heterocycles. The number of anilines is 2. The van der Waals surface area contributed by atoms with Crippen LogP contribution in [0.5, 0.6) is 0 Å². The summed E-state index contributed by atoms with van der Waals surface area (Å²) in [5.41, 5.74) is 2.39. The van der Waals surface area contributed by atoms with E-state index >= 15 is 0 Å². The molecule has 0 aliphatic carbocycles. The molecule has 8 heteroatoms. The second-order valence-corrected chi connectivity index (χ2v) is 6.32. The molecule has 1 aromatic carbocycles. The first kappa shape index (κ1) is 19.3. The molecule has 1 aromatic heterocycles. The molecule has 0 unspecified atom stereocenters. The van der Waals surface area contributed by atoms with Crippen molar-refractivity contribution >= 4 is 29.7 Å². The van der Waals surface area contributed by atoms with Crippen molar-refractivity contribution in [2.45, 2.75) is 6.92 Å². The zero-order valence-corrected chi connectivity index (χ0v) is 15.6. The number of piperazine rings is 1. The Labute approximate surface area is 163 Å². The van der Waals surface area contributed by atoms with Crippen LogP contribution < -0.4 is 5.32 Å². The maximum Gasteiger partial charge on any atom is 0.338 e. The van der Waals surface area contributed by atoms with Crippen LogP contribution in [-0.4, -0.2) is 65.9 Å². The molecule has 3 rings (SSSR count). The van der Waals surface area contributed by atoms with Gasteiger partial charge in [-0.15, -0.1) is 0 Å². The molecule has 0 spiro atoms. The molecule has 1 N–H and O–H groups in total. The van der Waals surface area contributed by atoms with Crippen LogP contribution in [0.1, 0.15) is 27.6 Å². The van der Waals surface area contributed by atoms with E-state index in [-0.39, 0.29) is 11.9 Å². The molecule has 0 saturated carbocycles. The number of carbonyl (C=O) groups is 3. The summed E-state index contributed by atoms with van der Waals surface area (Å²) < 4.78 is 4.97. The molecule has 1 fully saturated rings. The van der Waals surface area contributed by atoms with E-state index < -0.39 is 0 Å². The molecule has 1 aliphatic heterocycles. The van der Waals surface area contributed by atoms with Crippen LogP contribution in [0.2, 0.25) is 0 Å². The van der Waals surface area contributed by atoms with Crippen LogP contribution in [0.25, 0.3) is 0 Å². The van der Waals surface area contributed by atoms with E-state index in [1.54, 1.807) is 53.3 Å². The summed E-state index contributed by atoms with van der Waals surface area (Å²) in [6.07, 6.45) is 3.96. The average molecular weight is 382 g/mol. The van der Waals surface area contributed by atoms with Gasteiger partial charge in [-0.1, -0.05) is 0 Å². The first-order chi connectivity index (χ1) is 13.6. The third kappa shape index (κ3) is 4.64. The number of nitrogens with one attached hydrogen (secondary N) is 1. The van der Waals surface area contributed by atoms with Gasteiger partial charge < -0.3 is 19.9 Å². The lowest BCUT2D eigenvalue weighted by atomic mass is 10.2. The third-order valence-electron chi connectivity index (χ3n) is 4.42. The summed E-state index contributed by atoms with van der Waals surface area (Å²) in [7, 11) is 0. The lowest BCUT2D eigenvalue weighted by Gasteiger charge is -2.32. The third-order valence-corrected chi connectivity index (χ3v) is 4.42. The second-order valence-electron chi connectivity index (χ2n) is 6.32. The summed E-state index contributed by atoms with van der Waals surface area (Å²) in [6.45, 7) is 4.17. The van der Waals surface area contributed by atoms with Crippen LogP contribution in [0.3, 0.4) is 0 Å². The Balaban J connectivity index is 1.65. The van der Waals surface area contributed by atoms with E-state index in [4.69, 9.17) is 4.74 Å². The maximum atomic E-state index is 12.7. The number of esters is 1. The molecule has 1 aliphatic rings. The van der Waals surface area contributed by atoms with E-state index in [1.807, 2.05) is 0 Å².